The molecule has 1 aromatic rings. The molecule has 0 aliphatic carbocycles. The average molecular weight is 277 g/mol. The zero-order valence-electron chi connectivity index (χ0n) is 11.9. The van der Waals surface area contributed by atoms with Crippen LogP contribution in [0.2, 0.25) is 0 Å². The third kappa shape index (κ3) is 5.40. The Kier molecular flexibility index (Phi) is 6.73. The van der Waals surface area contributed by atoms with Gasteiger partial charge in [-0.2, -0.15) is 0 Å². The van der Waals surface area contributed by atoms with E-state index >= 15 is 0 Å². The lowest BCUT2D eigenvalue weighted by Gasteiger charge is -2.16. The summed E-state index contributed by atoms with van der Waals surface area (Å²) in [5, 5.41) is 3.87. The molecule has 0 aliphatic rings. The standard InChI is InChI=1S/C15H21N2O3/c1-3-20-15(19)13(17-14(18)11(2)16)10-9-12-7-5-4-6-8-12/h4-8,11,13H,3,9-10,16H2,1-2H3/t11-,13-/m0/s1. The van der Waals surface area contributed by atoms with Crippen molar-refractivity contribution in [3.8, 4) is 0 Å². The van der Waals surface area contributed by atoms with Crippen molar-refractivity contribution in [2.45, 2.75) is 38.8 Å². The topological polar surface area (TPSA) is 83.5 Å². The van der Waals surface area contributed by atoms with Crippen molar-refractivity contribution in [2.24, 2.45) is 5.73 Å². The van der Waals surface area contributed by atoms with E-state index in [1.165, 1.54) is 0 Å². The second kappa shape index (κ2) is 8.32. The highest BCUT2D eigenvalue weighted by atomic mass is 16.5. The average Bonchev–Trinajstić information content (AvgIpc) is 2.44. The number of hydrogen-bond donors (Lipinski definition) is 1. The largest absolute Gasteiger partial charge is 0.464 e. The van der Waals surface area contributed by atoms with Crippen molar-refractivity contribution in [3.05, 3.63) is 35.9 Å². The Morgan fingerprint density at radius 2 is 1.95 bits per heavy atom. The highest BCUT2D eigenvalue weighted by Gasteiger charge is 2.25. The Bertz CT molecular complexity index is 432. The number of carbonyl (C=O) groups is 2. The number of ether oxygens (including phenoxy) is 1. The molecule has 1 radical (unpaired) electrons. The third-order valence-corrected chi connectivity index (χ3v) is 2.78. The second-order valence-electron chi connectivity index (χ2n) is 4.55. The molecule has 20 heavy (non-hydrogen) atoms. The molecule has 0 bridgehead atoms. The van der Waals surface area contributed by atoms with E-state index in [2.05, 4.69) is 5.32 Å². The Labute approximate surface area is 119 Å². The van der Waals surface area contributed by atoms with Crippen LogP contribution in [0.15, 0.2) is 30.3 Å². The Morgan fingerprint density at radius 1 is 1.30 bits per heavy atom. The van der Waals surface area contributed by atoms with E-state index in [1.807, 2.05) is 30.3 Å². The van der Waals surface area contributed by atoms with Crippen molar-refractivity contribution >= 4 is 11.9 Å². The maximum atomic E-state index is 11.8. The predicted octanol–water partition coefficient (Wildman–Crippen LogP) is 1.03. The second-order valence-corrected chi connectivity index (χ2v) is 4.55. The highest BCUT2D eigenvalue weighted by molar-refractivity contribution is 5.86. The molecular weight excluding hydrogens is 256 g/mol. The number of amides is 1. The zero-order valence-corrected chi connectivity index (χ0v) is 11.9. The SMILES string of the molecule is CCOC(=O)[C@H](CCc1ccccc1)[N]C(=O)[C@H](C)N. The lowest BCUT2D eigenvalue weighted by Crippen LogP contribution is -2.43. The van der Waals surface area contributed by atoms with Gasteiger partial charge in [-0.05, 0) is 32.3 Å². The first-order chi connectivity index (χ1) is 9.54. The summed E-state index contributed by atoms with van der Waals surface area (Å²) in [5.74, 6) is -0.950. The lowest BCUT2D eigenvalue weighted by atomic mass is 10.0. The van der Waals surface area contributed by atoms with Gasteiger partial charge in [-0.25, -0.2) is 10.1 Å². The molecule has 109 valence electrons. The Balaban J connectivity index is 2.62. The van der Waals surface area contributed by atoms with Crippen molar-refractivity contribution < 1.29 is 14.3 Å². The third-order valence-electron chi connectivity index (χ3n) is 2.78. The smallest absolute Gasteiger partial charge is 0.330 e. The van der Waals surface area contributed by atoms with Crippen LogP contribution in [0.5, 0.6) is 0 Å². The van der Waals surface area contributed by atoms with Gasteiger partial charge in [0, 0.05) is 0 Å². The van der Waals surface area contributed by atoms with E-state index in [0.717, 1.165) is 5.56 Å². The number of benzene rings is 1. The molecule has 5 nitrogen and oxygen atoms in total. The van der Waals surface area contributed by atoms with Gasteiger partial charge >= 0.3 is 5.97 Å². The van der Waals surface area contributed by atoms with Gasteiger partial charge in [0.05, 0.1) is 12.6 Å². The first-order valence-corrected chi connectivity index (χ1v) is 6.75. The summed E-state index contributed by atoms with van der Waals surface area (Å²) in [4.78, 5) is 23.4. The van der Waals surface area contributed by atoms with Gasteiger partial charge < -0.3 is 10.5 Å². The van der Waals surface area contributed by atoms with E-state index < -0.39 is 24.0 Å². The first-order valence-electron chi connectivity index (χ1n) is 6.75. The molecule has 0 fully saturated rings. The minimum absolute atomic E-state index is 0.266. The number of esters is 1. The lowest BCUT2D eigenvalue weighted by molar-refractivity contribution is -0.147. The fourth-order valence-electron chi connectivity index (χ4n) is 1.69. The maximum absolute atomic E-state index is 11.8. The first kappa shape index (κ1) is 16.2. The monoisotopic (exact) mass is 277 g/mol. The molecule has 0 aromatic heterocycles. The molecule has 0 saturated carbocycles. The minimum Gasteiger partial charge on any atom is -0.464 e. The van der Waals surface area contributed by atoms with E-state index in [1.54, 1.807) is 13.8 Å². The molecule has 2 atom stereocenters. The Hall–Kier alpha value is -1.88. The van der Waals surface area contributed by atoms with Gasteiger partial charge in [0.2, 0.25) is 0 Å². The van der Waals surface area contributed by atoms with Crippen molar-refractivity contribution in [3.63, 3.8) is 0 Å². The highest BCUT2D eigenvalue weighted by Crippen LogP contribution is 2.07. The number of aryl methyl sites for hydroxylation is 1. The maximum Gasteiger partial charge on any atom is 0.330 e. The number of rotatable bonds is 7. The van der Waals surface area contributed by atoms with Crippen LogP contribution < -0.4 is 11.1 Å². The van der Waals surface area contributed by atoms with E-state index in [-0.39, 0.29) is 6.61 Å². The molecule has 1 rings (SSSR count). The fourth-order valence-corrected chi connectivity index (χ4v) is 1.69. The quantitative estimate of drug-likeness (QED) is 0.754. The van der Waals surface area contributed by atoms with Gasteiger partial charge in [-0.15, -0.1) is 0 Å². The van der Waals surface area contributed by atoms with Crippen LogP contribution in [0.3, 0.4) is 0 Å². The summed E-state index contributed by atoms with van der Waals surface area (Å²) in [6, 6.07) is 8.23. The molecule has 2 N–H and O–H groups in total. The van der Waals surface area contributed by atoms with Gasteiger partial charge in [-0.3, -0.25) is 4.79 Å². The van der Waals surface area contributed by atoms with Gasteiger partial charge in [0.1, 0.15) is 0 Å². The van der Waals surface area contributed by atoms with E-state index in [0.29, 0.717) is 12.8 Å². The van der Waals surface area contributed by atoms with Crippen LogP contribution in [0.4, 0.5) is 0 Å². The summed E-state index contributed by atoms with van der Waals surface area (Å²) in [6.45, 7) is 3.54. The molecular formula is C15H21N2O3. The summed E-state index contributed by atoms with van der Waals surface area (Å²) >= 11 is 0. The fraction of sp³-hybridized carbons (Fsp3) is 0.467. The molecule has 0 spiro atoms. The molecule has 1 amide bonds. The molecule has 1 aromatic carbocycles. The molecule has 0 aliphatic heterocycles. The minimum atomic E-state index is -0.784. The van der Waals surface area contributed by atoms with Crippen molar-refractivity contribution in [1.29, 1.82) is 0 Å². The van der Waals surface area contributed by atoms with Crippen LogP contribution in [0, 0.1) is 0 Å². The van der Waals surface area contributed by atoms with Crippen molar-refractivity contribution in [1.82, 2.24) is 5.32 Å². The summed E-state index contributed by atoms with van der Waals surface area (Å²) in [5.41, 5.74) is 6.56. The van der Waals surface area contributed by atoms with Crippen LogP contribution in [0.1, 0.15) is 25.8 Å². The molecule has 0 heterocycles. The number of carbonyl (C=O) groups excluding carboxylic acids is 2. The van der Waals surface area contributed by atoms with Crippen LogP contribution in [-0.2, 0) is 20.7 Å². The number of nitrogens with two attached hydrogens (primary N) is 1. The zero-order chi connectivity index (χ0) is 15.0. The normalized spacial score (nSPS) is 13.3. The predicted molar refractivity (Wildman–Crippen MR) is 76.0 cm³/mol. The number of hydrogen-bond acceptors (Lipinski definition) is 4. The van der Waals surface area contributed by atoms with Crippen LogP contribution in [-0.4, -0.2) is 30.6 Å². The molecule has 0 saturated heterocycles. The number of nitrogens with zero attached hydrogens (tertiary/aromatic N) is 1. The summed E-state index contributed by atoms with van der Waals surface area (Å²) in [7, 11) is 0. The van der Waals surface area contributed by atoms with Crippen molar-refractivity contribution in [2.75, 3.05) is 6.61 Å². The molecule has 0 unspecified atom stereocenters. The summed E-state index contributed by atoms with van der Waals surface area (Å²) < 4.78 is 4.95. The van der Waals surface area contributed by atoms with Crippen LogP contribution in [0.25, 0.3) is 0 Å². The van der Waals surface area contributed by atoms with Gasteiger partial charge in [0.25, 0.3) is 5.91 Å². The van der Waals surface area contributed by atoms with E-state index in [4.69, 9.17) is 10.5 Å². The van der Waals surface area contributed by atoms with Gasteiger partial charge in [0.15, 0.2) is 6.04 Å². The van der Waals surface area contributed by atoms with Gasteiger partial charge in [-0.1, -0.05) is 30.3 Å². The van der Waals surface area contributed by atoms with Crippen LogP contribution >= 0.6 is 0 Å². The molecule has 5 heteroatoms. The van der Waals surface area contributed by atoms with E-state index in [9.17, 15) is 9.59 Å². The summed E-state index contributed by atoms with van der Waals surface area (Å²) in [6.07, 6.45) is 1.08. The Morgan fingerprint density at radius 3 is 2.50 bits per heavy atom.